The summed E-state index contributed by atoms with van der Waals surface area (Å²) in [5.74, 6) is 1.54. The summed E-state index contributed by atoms with van der Waals surface area (Å²) in [7, 11) is 0. The molecule has 3 rings (SSSR count). The zero-order valence-electron chi connectivity index (χ0n) is 9.74. The average Bonchev–Trinajstić information content (AvgIpc) is 2.49. The lowest BCUT2D eigenvalue weighted by atomic mass is 9.72. The van der Waals surface area contributed by atoms with E-state index in [4.69, 9.17) is 15.2 Å². The SMILES string of the molecule is NC1(c2cc3c(cc2O)OCCCO3)CCC1. The highest BCUT2D eigenvalue weighted by atomic mass is 16.5. The molecule has 1 heterocycles. The van der Waals surface area contributed by atoms with Gasteiger partial charge in [-0.25, -0.2) is 0 Å². The topological polar surface area (TPSA) is 64.7 Å². The van der Waals surface area contributed by atoms with Crippen LogP contribution in [0.15, 0.2) is 12.1 Å². The molecular weight excluding hydrogens is 218 g/mol. The summed E-state index contributed by atoms with van der Waals surface area (Å²) in [6, 6.07) is 3.47. The number of aromatic hydroxyl groups is 1. The van der Waals surface area contributed by atoms with E-state index in [0.29, 0.717) is 24.7 Å². The molecule has 0 spiro atoms. The first-order chi connectivity index (χ1) is 8.19. The number of hydrogen-bond acceptors (Lipinski definition) is 4. The minimum Gasteiger partial charge on any atom is -0.507 e. The van der Waals surface area contributed by atoms with Crippen molar-refractivity contribution < 1.29 is 14.6 Å². The Kier molecular flexibility index (Phi) is 2.40. The summed E-state index contributed by atoms with van der Waals surface area (Å²) < 4.78 is 11.1. The molecule has 1 aromatic carbocycles. The number of ether oxygens (including phenoxy) is 2. The van der Waals surface area contributed by atoms with Crippen LogP contribution in [0.5, 0.6) is 17.2 Å². The van der Waals surface area contributed by atoms with Gasteiger partial charge in [-0.15, -0.1) is 0 Å². The Morgan fingerprint density at radius 3 is 2.29 bits per heavy atom. The van der Waals surface area contributed by atoms with Crippen molar-refractivity contribution in [2.75, 3.05) is 13.2 Å². The predicted molar refractivity (Wildman–Crippen MR) is 63.4 cm³/mol. The van der Waals surface area contributed by atoms with Gasteiger partial charge in [0.15, 0.2) is 11.5 Å². The van der Waals surface area contributed by atoms with Gasteiger partial charge in [-0.1, -0.05) is 0 Å². The quantitative estimate of drug-likeness (QED) is 0.780. The lowest BCUT2D eigenvalue weighted by Crippen LogP contribution is -2.43. The van der Waals surface area contributed by atoms with Gasteiger partial charge < -0.3 is 20.3 Å². The Morgan fingerprint density at radius 1 is 1.06 bits per heavy atom. The maximum Gasteiger partial charge on any atom is 0.164 e. The molecule has 1 aliphatic heterocycles. The molecule has 0 aromatic heterocycles. The molecule has 0 atom stereocenters. The van der Waals surface area contributed by atoms with E-state index < -0.39 is 0 Å². The van der Waals surface area contributed by atoms with Crippen LogP contribution in [-0.2, 0) is 5.54 Å². The van der Waals surface area contributed by atoms with E-state index in [-0.39, 0.29) is 11.3 Å². The molecule has 2 aliphatic rings. The van der Waals surface area contributed by atoms with Gasteiger partial charge in [0.2, 0.25) is 0 Å². The summed E-state index contributed by atoms with van der Waals surface area (Å²) in [6.07, 6.45) is 3.81. The van der Waals surface area contributed by atoms with E-state index in [1.54, 1.807) is 6.07 Å². The third-order valence-electron chi connectivity index (χ3n) is 3.65. The number of fused-ring (bicyclic) bond motifs is 1. The Balaban J connectivity index is 2.02. The molecule has 4 nitrogen and oxygen atoms in total. The fourth-order valence-electron chi connectivity index (χ4n) is 2.42. The smallest absolute Gasteiger partial charge is 0.164 e. The van der Waals surface area contributed by atoms with E-state index in [2.05, 4.69) is 0 Å². The number of benzene rings is 1. The second-order valence-electron chi connectivity index (χ2n) is 4.88. The Bertz CT molecular complexity index is 441. The summed E-state index contributed by atoms with van der Waals surface area (Å²) in [5.41, 5.74) is 6.65. The second kappa shape index (κ2) is 3.81. The minimum atomic E-state index is -0.380. The Hall–Kier alpha value is -1.42. The second-order valence-corrected chi connectivity index (χ2v) is 4.88. The van der Waals surface area contributed by atoms with Crippen LogP contribution in [-0.4, -0.2) is 18.3 Å². The van der Waals surface area contributed by atoms with Crippen LogP contribution in [0.25, 0.3) is 0 Å². The van der Waals surface area contributed by atoms with Gasteiger partial charge in [0.05, 0.1) is 13.2 Å². The first-order valence-corrected chi connectivity index (χ1v) is 6.11. The van der Waals surface area contributed by atoms with Crippen LogP contribution >= 0.6 is 0 Å². The van der Waals surface area contributed by atoms with E-state index in [9.17, 15) is 5.11 Å². The number of phenols is 1. The lowest BCUT2D eigenvalue weighted by molar-refractivity contribution is 0.243. The Morgan fingerprint density at radius 2 is 1.71 bits per heavy atom. The summed E-state index contributed by atoms with van der Waals surface area (Å²) in [5, 5.41) is 10.0. The van der Waals surface area contributed by atoms with Gasteiger partial charge in [0.25, 0.3) is 0 Å². The zero-order chi connectivity index (χ0) is 11.9. The van der Waals surface area contributed by atoms with Crippen LogP contribution in [0.1, 0.15) is 31.2 Å². The molecule has 0 radical (unpaired) electrons. The van der Waals surface area contributed by atoms with E-state index in [0.717, 1.165) is 31.2 Å². The van der Waals surface area contributed by atoms with Gasteiger partial charge in [-0.05, 0) is 25.3 Å². The molecule has 3 N–H and O–H groups in total. The number of nitrogens with two attached hydrogens (primary N) is 1. The van der Waals surface area contributed by atoms with Crippen molar-refractivity contribution in [3.05, 3.63) is 17.7 Å². The highest BCUT2D eigenvalue weighted by Crippen LogP contribution is 2.46. The summed E-state index contributed by atoms with van der Waals surface area (Å²) in [6.45, 7) is 1.27. The first-order valence-electron chi connectivity index (χ1n) is 6.11. The van der Waals surface area contributed by atoms with Gasteiger partial charge in [-0.2, -0.15) is 0 Å². The van der Waals surface area contributed by atoms with E-state index in [1.165, 1.54) is 0 Å². The standard InChI is InChI=1S/C13H17NO3/c14-13(3-1-4-13)9-7-11-12(8-10(9)15)17-6-2-5-16-11/h7-8,15H,1-6,14H2. The van der Waals surface area contributed by atoms with Crippen molar-refractivity contribution in [1.29, 1.82) is 0 Å². The van der Waals surface area contributed by atoms with Gasteiger partial charge in [-0.3, -0.25) is 0 Å². The van der Waals surface area contributed by atoms with Crippen molar-refractivity contribution in [2.24, 2.45) is 5.73 Å². The van der Waals surface area contributed by atoms with Crippen LogP contribution < -0.4 is 15.2 Å². The molecule has 1 aromatic rings. The van der Waals surface area contributed by atoms with Crippen LogP contribution in [0.2, 0.25) is 0 Å². The molecule has 1 fully saturated rings. The van der Waals surface area contributed by atoms with Crippen LogP contribution in [0.4, 0.5) is 0 Å². The molecule has 92 valence electrons. The van der Waals surface area contributed by atoms with Gasteiger partial charge >= 0.3 is 0 Å². The largest absolute Gasteiger partial charge is 0.507 e. The highest BCUT2D eigenvalue weighted by Gasteiger charge is 2.37. The fraction of sp³-hybridized carbons (Fsp3) is 0.538. The number of phenolic OH excluding ortho intramolecular Hbond substituents is 1. The number of rotatable bonds is 1. The first kappa shape index (κ1) is 10.7. The molecule has 17 heavy (non-hydrogen) atoms. The van der Waals surface area contributed by atoms with Crippen LogP contribution in [0.3, 0.4) is 0 Å². The highest BCUT2D eigenvalue weighted by molar-refractivity contribution is 5.53. The molecule has 1 aliphatic carbocycles. The summed E-state index contributed by atoms with van der Waals surface area (Å²) >= 11 is 0. The molecule has 4 heteroatoms. The normalized spacial score (nSPS) is 21.5. The third-order valence-corrected chi connectivity index (χ3v) is 3.65. The van der Waals surface area contributed by atoms with Crippen LogP contribution in [0, 0.1) is 0 Å². The molecule has 1 saturated carbocycles. The van der Waals surface area contributed by atoms with Gasteiger partial charge in [0, 0.05) is 23.6 Å². The Labute approximate surface area is 100 Å². The maximum absolute atomic E-state index is 10.0. The number of hydrogen-bond donors (Lipinski definition) is 2. The van der Waals surface area contributed by atoms with Crippen molar-refractivity contribution in [3.63, 3.8) is 0 Å². The predicted octanol–water partition coefficient (Wildman–Crippen LogP) is 1.89. The van der Waals surface area contributed by atoms with Gasteiger partial charge in [0.1, 0.15) is 5.75 Å². The molecule has 0 amide bonds. The van der Waals surface area contributed by atoms with Crippen molar-refractivity contribution in [3.8, 4) is 17.2 Å². The monoisotopic (exact) mass is 235 g/mol. The van der Waals surface area contributed by atoms with Crippen molar-refractivity contribution in [1.82, 2.24) is 0 Å². The third kappa shape index (κ3) is 1.72. The molecule has 0 unspecified atom stereocenters. The fourth-order valence-corrected chi connectivity index (χ4v) is 2.42. The molecule has 0 bridgehead atoms. The van der Waals surface area contributed by atoms with E-state index in [1.807, 2.05) is 6.07 Å². The maximum atomic E-state index is 10.0. The van der Waals surface area contributed by atoms with Crippen molar-refractivity contribution in [2.45, 2.75) is 31.2 Å². The molecule has 0 saturated heterocycles. The minimum absolute atomic E-state index is 0.219. The van der Waals surface area contributed by atoms with Crippen molar-refractivity contribution >= 4 is 0 Å². The molecular formula is C13H17NO3. The zero-order valence-corrected chi connectivity index (χ0v) is 9.74. The lowest BCUT2D eigenvalue weighted by Gasteiger charge is -2.39. The van der Waals surface area contributed by atoms with E-state index >= 15 is 0 Å². The average molecular weight is 235 g/mol. The summed E-state index contributed by atoms with van der Waals surface area (Å²) in [4.78, 5) is 0.